The van der Waals surface area contributed by atoms with E-state index < -0.39 is 24.5 Å². The van der Waals surface area contributed by atoms with Gasteiger partial charge in [0.15, 0.2) is 0 Å². The first-order valence-electron chi connectivity index (χ1n) is 5.74. The minimum absolute atomic E-state index is 0.351. The molecule has 3 N–H and O–H groups in total. The zero-order chi connectivity index (χ0) is 13.6. The van der Waals surface area contributed by atoms with Gasteiger partial charge in [0, 0.05) is 0 Å². The van der Waals surface area contributed by atoms with E-state index in [1.807, 2.05) is 0 Å². The zero-order valence-corrected chi connectivity index (χ0v) is 11.5. The van der Waals surface area contributed by atoms with Crippen molar-refractivity contribution < 1.29 is 20.1 Å². The molecule has 1 aliphatic rings. The van der Waals surface area contributed by atoms with E-state index in [2.05, 4.69) is 26.0 Å². The Balaban J connectivity index is 2.04. The molecular formula is C11H12N3O4Se. The van der Waals surface area contributed by atoms with E-state index in [0.29, 0.717) is 10.2 Å². The Morgan fingerprint density at radius 2 is 2.11 bits per heavy atom. The van der Waals surface area contributed by atoms with Crippen molar-refractivity contribution in [1.29, 1.82) is 0 Å². The van der Waals surface area contributed by atoms with Crippen LogP contribution in [0, 0.1) is 0 Å². The number of nitrogens with zero attached hydrogens (tertiary/aromatic N) is 3. The Kier molecular flexibility index (Phi) is 3.30. The molecule has 0 aromatic carbocycles. The molecular weight excluding hydrogens is 317 g/mol. The first-order valence-corrected chi connectivity index (χ1v) is 6.60. The zero-order valence-electron chi connectivity index (χ0n) is 9.75. The second-order valence-corrected chi connectivity index (χ2v) is 5.18. The number of rotatable bonds is 2. The Morgan fingerprint density at radius 1 is 1.32 bits per heavy atom. The molecule has 8 heteroatoms. The summed E-state index contributed by atoms with van der Waals surface area (Å²) in [5.41, 5.74) is 0.596. The molecule has 3 heterocycles. The number of ether oxygens (including phenoxy) is 1. The van der Waals surface area contributed by atoms with Gasteiger partial charge < -0.3 is 0 Å². The fraction of sp³-hybridized carbons (Fsp3) is 0.455. The predicted molar refractivity (Wildman–Crippen MR) is 65.9 cm³/mol. The van der Waals surface area contributed by atoms with Crippen molar-refractivity contribution in [2.24, 2.45) is 0 Å². The topological polar surface area (TPSA) is 101 Å². The number of fused-ring (bicyclic) bond motifs is 1. The van der Waals surface area contributed by atoms with E-state index in [1.54, 1.807) is 16.8 Å². The van der Waals surface area contributed by atoms with Gasteiger partial charge in [0.05, 0.1) is 0 Å². The van der Waals surface area contributed by atoms with Crippen LogP contribution in [0.2, 0.25) is 0 Å². The van der Waals surface area contributed by atoms with Gasteiger partial charge in [-0.25, -0.2) is 0 Å². The van der Waals surface area contributed by atoms with Gasteiger partial charge in [-0.1, -0.05) is 0 Å². The third-order valence-corrected chi connectivity index (χ3v) is 3.95. The molecule has 1 radical (unpaired) electrons. The van der Waals surface area contributed by atoms with Crippen LogP contribution < -0.4 is 4.59 Å². The third kappa shape index (κ3) is 1.97. The van der Waals surface area contributed by atoms with Crippen molar-refractivity contribution in [2.45, 2.75) is 24.5 Å². The van der Waals surface area contributed by atoms with Crippen LogP contribution in [0.1, 0.15) is 6.23 Å². The monoisotopic (exact) mass is 330 g/mol. The maximum atomic E-state index is 10.0. The van der Waals surface area contributed by atoms with E-state index in [1.165, 1.54) is 6.33 Å². The number of aliphatic hydroxyl groups is 3. The van der Waals surface area contributed by atoms with Gasteiger partial charge in [0.25, 0.3) is 0 Å². The first kappa shape index (κ1) is 13.0. The summed E-state index contributed by atoms with van der Waals surface area (Å²) in [7, 11) is 0. The van der Waals surface area contributed by atoms with E-state index in [0.717, 1.165) is 5.39 Å². The summed E-state index contributed by atoms with van der Waals surface area (Å²) in [6.45, 7) is -0.351. The molecule has 2 aromatic heterocycles. The summed E-state index contributed by atoms with van der Waals surface area (Å²) in [5, 5.41) is 29.7. The molecule has 3 rings (SSSR count). The van der Waals surface area contributed by atoms with Crippen molar-refractivity contribution in [3.8, 4) is 0 Å². The summed E-state index contributed by atoms with van der Waals surface area (Å²) in [6.07, 6.45) is -0.702. The fourth-order valence-corrected chi connectivity index (χ4v) is 2.70. The molecule has 1 fully saturated rings. The summed E-state index contributed by atoms with van der Waals surface area (Å²) < 4.78 is 7.80. The van der Waals surface area contributed by atoms with Gasteiger partial charge >= 0.3 is 116 Å². The molecule has 1 saturated heterocycles. The molecule has 7 nitrogen and oxygen atoms in total. The first-order chi connectivity index (χ1) is 9.13. The predicted octanol–water partition coefficient (Wildman–Crippen LogP) is -2.16. The van der Waals surface area contributed by atoms with Crippen LogP contribution in [0.3, 0.4) is 0 Å². The van der Waals surface area contributed by atoms with Gasteiger partial charge in [-0.2, -0.15) is 0 Å². The number of aromatic nitrogens is 3. The van der Waals surface area contributed by atoms with Crippen molar-refractivity contribution in [3.05, 3.63) is 18.6 Å². The minimum atomic E-state index is -1.12. The van der Waals surface area contributed by atoms with E-state index >= 15 is 0 Å². The Bertz CT molecular complexity index is 605. The van der Waals surface area contributed by atoms with Gasteiger partial charge in [-0.3, -0.25) is 0 Å². The van der Waals surface area contributed by atoms with Crippen molar-refractivity contribution in [2.75, 3.05) is 6.61 Å². The molecule has 0 bridgehead atoms. The van der Waals surface area contributed by atoms with Crippen LogP contribution in [0.4, 0.5) is 0 Å². The summed E-state index contributed by atoms with van der Waals surface area (Å²) >= 11 is 2.83. The molecule has 19 heavy (non-hydrogen) atoms. The summed E-state index contributed by atoms with van der Waals surface area (Å²) in [4.78, 5) is 8.19. The summed E-state index contributed by atoms with van der Waals surface area (Å²) in [5.74, 6) is 0. The summed E-state index contributed by atoms with van der Waals surface area (Å²) in [6, 6.07) is 1.80. The van der Waals surface area contributed by atoms with Crippen LogP contribution in [0.5, 0.6) is 0 Å². The van der Waals surface area contributed by atoms with Gasteiger partial charge in [-0.15, -0.1) is 0 Å². The quantitative estimate of drug-likeness (QED) is 0.543. The number of aliphatic hydroxyl groups excluding tert-OH is 3. The molecule has 0 unspecified atom stereocenters. The van der Waals surface area contributed by atoms with Crippen molar-refractivity contribution in [1.82, 2.24) is 14.5 Å². The van der Waals surface area contributed by atoms with Gasteiger partial charge in [0.1, 0.15) is 0 Å². The standard InChI is InChI=1S/C11H12N3O4Se/c15-3-6-7(16)8(17)11(18-6)14-2-1-5-9(14)12-4-13-10(5)19/h1-2,4,6-8,11,15-17H,3H2/t6-,7-,8-,11-/m1/s1. The van der Waals surface area contributed by atoms with Crippen molar-refractivity contribution >= 4 is 31.6 Å². The average Bonchev–Trinajstić information content (AvgIpc) is 2.94. The number of hydrogen-bond donors (Lipinski definition) is 3. The van der Waals surface area contributed by atoms with E-state index in [9.17, 15) is 10.2 Å². The molecule has 0 saturated carbocycles. The second-order valence-electron chi connectivity index (χ2n) is 4.37. The van der Waals surface area contributed by atoms with Crippen LogP contribution in [-0.2, 0) is 4.74 Å². The van der Waals surface area contributed by atoms with Gasteiger partial charge in [-0.05, 0) is 0 Å². The molecule has 2 aromatic rings. The maximum absolute atomic E-state index is 10.0. The van der Waals surface area contributed by atoms with Gasteiger partial charge in [0.2, 0.25) is 0 Å². The normalized spacial score (nSPS) is 31.1. The molecule has 0 aliphatic carbocycles. The van der Waals surface area contributed by atoms with Crippen LogP contribution in [-0.4, -0.2) is 70.8 Å². The SMILES string of the molecule is OC[C@H]1O[C@@H](n2ccc3c([Se])ncnc32)[C@H](O)[C@@H]1O. The molecule has 4 atom stereocenters. The second kappa shape index (κ2) is 4.82. The van der Waals surface area contributed by atoms with E-state index in [-0.39, 0.29) is 6.61 Å². The van der Waals surface area contributed by atoms with Crippen molar-refractivity contribution in [3.63, 3.8) is 0 Å². The van der Waals surface area contributed by atoms with E-state index in [4.69, 9.17) is 9.84 Å². The molecule has 101 valence electrons. The van der Waals surface area contributed by atoms with Crippen LogP contribution in [0.15, 0.2) is 18.6 Å². The molecule has 1 aliphatic heterocycles. The average molecular weight is 329 g/mol. The fourth-order valence-electron chi connectivity index (χ4n) is 2.26. The Morgan fingerprint density at radius 3 is 2.79 bits per heavy atom. The third-order valence-electron chi connectivity index (χ3n) is 3.26. The van der Waals surface area contributed by atoms with Crippen LogP contribution in [0.25, 0.3) is 11.0 Å². The van der Waals surface area contributed by atoms with Crippen LogP contribution >= 0.6 is 0 Å². The Labute approximate surface area is 116 Å². The molecule has 0 spiro atoms. The molecule has 0 amide bonds. The Hall–Kier alpha value is -1.02. The number of hydrogen-bond acceptors (Lipinski definition) is 6.